The summed E-state index contributed by atoms with van der Waals surface area (Å²) in [7, 11) is -3.84. The number of piperidine rings is 1. The van der Waals surface area contributed by atoms with Gasteiger partial charge in [-0.15, -0.1) is 0 Å². The molecule has 11 heteroatoms. The van der Waals surface area contributed by atoms with E-state index in [9.17, 15) is 22.0 Å². The standard InChI is InChI=1S/C31H35F2N3O5S/c1-23-12-14-26(15-13-23)42(38,39)36-22-31(40-20-25(36)18-24-8-3-2-4-9-24)16-7-17-35(21-31)19-29(37)34-27-10-5-6-11-28(27)41-30(32)33/h2-6,8-15,25,30H,7,16-22H2,1H3,(H,34,37)/t25-,31-/m0/s1. The molecule has 0 radical (unpaired) electrons. The monoisotopic (exact) mass is 599 g/mol. The number of ether oxygens (including phenoxy) is 2. The molecule has 2 fully saturated rings. The quantitative estimate of drug-likeness (QED) is 0.384. The van der Waals surface area contributed by atoms with Gasteiger partial charge in [-0.3, -0.25) is 9.69 Å². The van der Waals surface area contributed by atoms with E-state index in [4.69, 9.17) is 4.74 Å². The Hall–Kier alpha value is -3.38. The molecular formula is C31H35F2N3O5S. The molecule has 0 aliphatic carbocycles. The summed E-state index contributed by atoms with van der Waals surface area (Å²) in [6.45, 7) is 0.238. The Kier molecular flexibility index (Phi) is 9.22. The topological polar surface area (TPSA) is 88.2 Å². The number of benzene rings is 3. The molecule has 0 saturated carbocycles. The highest BCUT2D eigenvalue weighted by Gasteiger charge is 2.47. The highest BCUT2D eigenvalue weighted by molar-refractivity contribution is 7.89. The minimum absolute atomic E-state index is 0.00766. The number of nitrogens with one attached hydrogen (secondary N) is 1. The van der Waals surface area contributed by atoms with Gasteiger partial charge >= 0.3 is 6.61 Å². The van der Waals surface area contributed by atoms with Crippen molar-refractivity contribution in [2.45, 2.75) is 49.3 Å². The van der Waals surface area contributed by atoms with E-state index < -0.39 is 28.3 Å². The van der Waals surface area contributed by atoms with Crippen LogP contribution in [0.1, 0.15) is 24.0 Å². The highest BCUT2D eigenvalue weighted by Crippen LogP contribution is 2.35. The van der Waals surface area contributed by atoms with Gasteiger partial charge in [-0.2, -0.15) is 13.1 Å². The van der Waals surface area contributed by atoms with Gasteiger partial charge in [0.25, 0.3) is 0 Å². The number of likely N-dealkylation sites (tertiary alicyclic amines) is 1. The second-order valence-corrected chi connectivity index (χ2v) is 12.8. The minimum Gasteiger partial charge on any atom is -0.433 e. The Morgan fingerprint density at radius 3 is 2.50 bits per heavy atom. The molecule has 1 amide bonds. The number of anilines is 1. The second kappa shape index (κ2) is 12.9. The predicted molar refractivity (Wildman–Crippen MR) is 155 cm³/mol. The third-order valence-corrected chi connectivity index (χ3v) is 9.65. The SMILES string of the molecule is Cc1ccc(S(=O)(=O)N2C[C@@]3(CCCN(CC(=O)Nc4ccccc4OC(F)F)C3)OC[C@@H]2Cc2ccccc2)cc1. The fourth-order valence-corrected chi connectivity index (χ4v) is 7.41. The van der Waals surface area contributed by atoms with E-state index in [-0.39, 0.29) is 41.9 Å². The molecule has 42 heavy (non-hydrogen) atoms. The van der Waals surface area contributed by atoms with Gasteiger partial charge < -0.3 is 14.8 Å². The Morgan fingerprint density at radius 1 is 1.05 bits per heavy atom. The number of carbonyl (C=O) groups is 1. The summed E-state index contributed by atoms with van der Waals surface area (Å²) in [5, 5.41) is 2.66. The summed E-state index contributed by atoms with van der Waals surface area (Å²) in [5.74, 6) is -0.507. The summed E-state index contributed by atoms with van der Waals surface area (Å²) in [5.41, 5.74) is 1.35. The third kappa shape index (κ3) is 7.15. The van der Waals surface area contributed by atoms with E-state index in [0.29, 0.717) is 32.4 Å². The third-order valence-electron chi connectivity index (χ3n) is 7.74. The lowest BCUT2D eigenvalue weighted by atomic mass is 9.90. The van der Waals surface area contributed by atoms with Crippen molar-refractivity contribution in [3.8, 4) is 5.75 Å². The average molecular weight is 600 g/mol. The number of rotatable bonds is 9. The molecule has 1 N–H and O–H groups in total. The highest BCUT2D eigenvalue weighted by atomic mass is 32.2. The zero-order valence-corrected chi connectivity index (χ0v) is 24.2. The molecule has 3 aromatic carbocycles. The smallest absolute Gasteiger partial charge is 0.387 e. The van der Waals surface area contributed by atoms with Crippen molar-refractivity contribution in [1.29, 1.82) is 0 Å². The first-order valence-electron chi connectivity index (χ1n) is 14.0. The van der Waals surface area contributed by atoms with Crippen LogP contribution in [0.2, 0.25) is 0 Å². The van der Waals surface area contributed by atoms with Gasteiger partial charge in [-0.25, -0.2) is 8.42 Å². The van der Waals surface area contributed by atoms with Crippen molar-refractivity contribution < 1.29 is 31.5 Å². The number of para-hydroxylation sites is 2. The number of sulfonamides is 1. The molecule has 224 valence electrons. The van der Waals surface area contributed by atoms with Gasteiger partial charge in [-0.1, -0.05) is 60.2 Å². The first-order valence-corrected chi connectivity index (χ1v) is 15.4. The molecule has 0 unspecified atom stereocenters. The first kappa shape index (κ1) is 30.1. The van der Waals surface area contributed by atoms with Crippen molar-refractivity contribution in [3.05, 3.63) is 90.0 Å². The van der Waals surface area contributed by atoms with E-state index in [1.807, 2.05) is 42.2 Å². The van der Waals surface area contributed by atoms with Gasteiger partial charge in [0.1, 0.15) is 5.75 Å². The van der Waals surface area contributed by atoms with Crippen molar-refractivity contribution in [2.24, 2.45) is 0 Å². The summed E-state index contributed by atoms with van der Waals surface area (Å²) < 4.78 is 66.2. The minimum atomic E-state index is -3.84. The molecule has 8 nitrogen and oxygen atoms in total. The van der Waals surface area contributed by atoms with Crippen LogP contribution in [0.3, 0.4) is 0 Å². The molecule has 5 rings (SSSR count). The number of aryl methyl sites for hydroxylation is 1. The number of nitrogens with zero attached hydrogens (tertiary/aromatic N) is 2. The maximum Gasteiger partial charge on any atom is 0.387 e. The maximum atomic E-state index is 14.0. The zero-order chi connectivity index (χ0) is 29.7. The normalized spacial score (nSPS) is 21.9. The van der Waals surface area contributed by atoms with Crippen LogP contribution in [0.25, 0.3) is 0 Å². The lowest BCUT2D eigenvalue weighted by Crippen LogP contribution is -2.64. The molecule has 1 spiro atoms. The Bertz CT molecular complexity index is 1470. The maximum absolute atomic E-state index is 14.0. The van der Waals surface area contributed by atoms with Gasteiger partial charge in [0.15, 0.2) is 0 Å². The number of hydrogen-bond donors (Lipinski definition) is 1. The van der Waals surface area contributed by atoms with Gasteiger partial charge in [0.05, 0.1) is 35.4 Å². The molecule has 3 aromatic rings. The van der Waals surface area contributed by atoms with E-state index in [1.54, 1.807) is 40.7 Å². The second-order valence-electron chi connectivity index (χ2n) is 10.9. The number of carbonyl (C=O) groups excluding carboxylic acids is 1. The zero-order valence-electron chi connectivity index (χ0n) is 23.4. The van der Waals surface area contributed by atoms with E-state index in [0.717, 1.165) is 11.1 Å². The summed E-state index contributed by atoms with van der Waals surface area (Å²) in [4.78, 5) is 15.1. The number of morpholine rings is 1. The number of amides is 1. The Balaban J connectivity index is 1.33. The molecule has 2 atom stereocenters. The lowest BCUT2D eigenvalue weighted by Gasteiger charge is -2.50. The van der Waals surface area contributed by atoms with E-state index >= 15 is 0 Å². The van der Waals surface area contributed by atoms with Crippen LogP contribution in [0.15, 0.2) is 83.8 Å². The van der Waals surface area contributed by atoms with E-state index in [2.05, 4.69) is 10.1 Å². The van der Waals surface area contributed by atoms with Crippen molar-refractivity contribution in [3.63, 3.8) is 0 Å². The molecule has 2 aliphatic heterocycles. The fourth-order valence-electron chi connectivity index (χ4n) is 5.72. The van der Waals surface area contributed by atoms with Crippen LogP contribution in [-0.4, -0.2) is 74.6 Å². The van der Waals surface area contributed by atoms with Crippen molar-refractivity contribution in [2.75, 3.05) is 38.1 Å². The number of halogens is 2. The summed E-state index contributed by atoms with van der Waals surface area (Å²) in [6.07, 6.45) is 1.86. The first-order chi connectivity index (χ1) is 20.1. The summed E-state index contributed by atoms with van der Waals surface area (Å²) >= 11 is 0. The van der Waals surface area contributed by atoms with Gasteiger partial charge in [-0.05, 0) is 62.6 Å². The summed E-state index contributed by atoms with van der Waals surface area (Å²) in [6, 6.07) is 22.2. The Morgan fingerprint density at radius 2 is 1.76 bits per heavy atom. The van der Waals surface area contributed by atoms with Gasteiger partial charge in [0, 0.05) is 13.1 Å². The molecule has 2 aliphatic rings. The van der Waals surface area contributed by atoms with Crippen LogP contribution < -0.4 is 10.1 Å². The fraction of sp³-hybridized carbons (Fsp3) is 0.387. The van der Waals surface area contributed by atoms with Crippen molar-refractivity contribution >= 4 is 21.6 Å². The average Bonchev–Trinajstić information content (AvgIpc) is 2.96. The molecular weight excluding hydrogens is 564 g/mol. The van der Waals surface area contributed by atoms with E-state index in [1.165, 1.54) is 12.1 Å². The van der Waals surface area contributed by atoms with Crippen LogP contribution in [-0.2, 0) is 26.0 Å². The molecule has 0 bridgehead atoms. The van der Waals surface area contributed by atoms with Crippen LogP contribution in [0, 0.1) is 6.92 Å². The van der Waals surface area contributed by atoms with Crippen LogP contribution in [0.4, 0.5) is 14.5 Å². The van der Waals surface area contributed by atoms with Gasteiger partial charge in [0.2, 0.25) is 15.9 Å². The molecule has 2 saturated heterocycles. The van der Waals surface area contributed by atoms with Crippen LogP contribution in [0.5, 0.6) is 5.75 Å². The molecule has 2 heterocycles. The Labute approximate surface area is 245 Å². The predicted octanol–water partition coefficient (Wildman–Crippen LogP) is 4.70. The largest absolute Gasteiger partial charge is 0.433 e. The lowest BCUT2D eigenvalue weighted by molar-refractivity contribution is -0.144. The molecule has 0 aromatic heterocycles. The van der Waals surface area contributed by atoms with Crippen molar-refractivity contribution in [1.82, 2.24) is 9.21 Å². The van der Waals surface area contributed by atoms with Crippen LogP contribution >= 0.6 is 0 Å². The number of hydrogen-bond acceptors (Lipinski definition) is 6. The number of alkyl halides is 2.